The molecule has 0 saturated heterocycles. The normalized spacial score (nSPS) is 17.9. The molecule has 0 spiro atoms. The number of rotatable bonds is 4. The zero-order valence-corrected chi connectivity index (χ0v) is 14.3. The quantitative estimate of drug-likeness (QED) is 0.896. The van der Waals surface area contributed by atoms with E-state index in [2.05, 4.69) is 29.4 Å². The molecule has 0 saturated carbocycles. The number of halogens is 1. The molecule has 2 amide bonds. The lowest BCUT2D eigenvalue weighted by Crippen LogP contribution is -2.50. The molecule has 0 unspecified atom stereocenters. The van der Waals surface area contributed by atoms with E-state index in [-0.39, 0.29) is 23.4 Å². The van der Waals surface area contributed by atoms with E-state index in [0.717, 1.165) is 12.8 Å². The van der Waals surface area contributed by atoms with Gasteiger partial charge < -0.3 is 20.3 Å². The summed E-state index contributed by atoms with van der Waals surface area (Å²) in [5.41, 5.74) is 0.554. The first-order chi connectivity index (χ1) is 10.8. The topological polar surface area (TPSA) is 53.6 Å². The zero-order valence-electron chi connectivity index (χ0n) is 14.3. The summed E-state index contributed by atoms with van der Waals surface area (Å²) in [7, 11) is 3.95. The fourth-order valence-corrected chi connectivity index (χ4v) is 2.36. The third-order valence-electron chi connectivity index (χ3n) is 4.44. The molecular formula is C17H26FN3O2. The number of benzene rings is 1. The van der Waals surface area contributed by atoms with Crippen molar-refractivity contribution in [2.45, 2.75) is 38.3 Å². The van der Waals surface area contributed by atoms with Crippen molar-refractivity contribution in [3.8, 4) is 5.75 Å². The summed E-state index contributed by atoms with van der Waals surface area (Å²) in [6.07, 6.45) is 1.53. The fourth-order valence-electron chi connectivity index (χ4n) is 2.36. The molecule has 6 heteroatoms. The Kier molecular flexibility index (Phi) is 5.46. The lowest BCUT2D eigenvalue weighted by molar-refractivity contribution is 0.185. The second-order valence-electron chi connectivity index (χ2n) is 6.76. The Hall–Kier alpha value is -1.82. The second kappa shape index (κ2) is 7.17. The van der Waals surface area contributed by atoms with E-state index in [1.54, 1.807) is 6.07 Å². The van der Waals surface area contributed by atoms with Crippen molar-refractivity contribution in [1.29, 1.82) is 0 Å². The maximum absolute atomic E-state index is 13.5. The van der Waals surface area contributed by atoms with Gasteiger partial charge in [-0.1, -0.05) is 0 Å². The maximum atomic E-state index is 13.5. The highest BCUT2D eigenvalue weighted by molar-refractivity contribution is 5.74. The number of ether oxygens (including phenoxy) is 1. The van der Waals surface area contributed by atoms with Gasteiger partial charge in [-0.25, -0.2) is 9.18 Å². The molecule has 1 heterocycles. The minimum atomic E-state index is -0.324. The van der Waals surface area contributed by atoms with Crippen molar-refractivity contribution in [1.82, 2.24) is 15.5 Å². The van der Waals surface area contributed by atoms with Crippen LogP contribution in [0.4, 0.5) is 9.18 Å². The highest BCUT2D eigenvalue weighted by Gasteiger charge is 2.24. The van der Waals surface area contributed by atoms with E-state index in [1.807, 2.05) is 14.1 Å². The van der Waals surface area contributed by atoms with Gasteiger partial charge >= 0.3 is 6.03 Å². The molecule has 1 aromatic rings. The molecule has 2 N–H and O–H groups in total. The number of likely N-dealkylation sites (N-methyl/N-ethyl adjacent to an activating group) is 1. The Bertz CT molecular complexity index is 561. The summed E-state index contributed by atoms with van der Waals surface area (Å²) in [6, 6.07) is 3.95. The SMILES string of the molecule is CN(C)C(C)(C)CNC(=O)N[C@H]1CCCOc2ccc(F)cc21. The fraction of sp³-hybridized carbons (Fsp3) is 0.588. The average Bonchev–Trinajstić information content (AvgIpc) is 2.68. The summed E-state index contributed by atoms with van der Waals surface area (Å²) < 4.78 is 19.2. The molecule has 5 nitrogen and oxygen atoms in total. The van der Waals surface area contributed by atoms with Crippen LogP contribution in [-0.2, 0) is 0 Å². The predicted octanol–water partition coefficient (Wildman–Crippen LogP) is 2.68. The zero-order chi connectivity index (χ0) is 17.0. The van der Waals surface area contributed by atoms with Crippen LogP contribution in [0.5, 0.6) is 5.75 Å². The summed E-state index contributed by atoms with van der Waals surface area (Å²) in [5, 5.41) is 5.83. The van der Waals surface area contributed by atoms with Gasteiger partial charge in [-0.05, 0) is 59.0 Å². The van der Waals surface area contributed by atoms with Gasteiger partial charge in [0.25, 0.3) is 0 Å². The minimum Gasteiger partial charge on any atom is -0.493 e. The number of amides is 2. The highest BCUT2D eigenvalue weighted by atomic mass is 19.1. The van der Waals surface area contributed by atoms with E-state index in [4.69, 9.17) is 4.74 Å². The van der Waals surface area contributed by atoms with Crippen LogP contribution in [-0.4, -0.2) is 43.7 Å². The molecule has 0 radical (unpaired) electrons. The van der Waals surface area contributed by atoms with Gasteiger partial charge in [-0.3, -0.25) is 0 Å². The van der Waals surface area contributed by atoms with Crippen LogP contribution in [0.2, 0.25) is 0 Å². The lowest BCUT2D eigenvalue weighted by atomic mass is 10.0. The van der Waals surface area contributed by atoms with Crippen LogP contribution in [0.25, 0.3) is 0 Å². The smallest absolute Gasteiger partial charge is 0.315 e. The Balaban J connectivity index is 2.02. The van der Waals surface area contributed by atoms with Crippen molar-refractivity contribution in [2.75, 3.05) is 27.2 Å². The number of nitrogens with zero attached hydrogens (tertiary/aromatic N) is 1. The molecule has 1 atom stereocenters. The van der Waals surface area contributed by atoms with Gasteiger partial charge in [0.1, 0.15) is 11.6 Å². The molecule has 1 aliphatic rings. The van der Waals surface area contributed by atoms with Crippen molar-refractivity contribution in [3.63, 3.8) is 0 Å². The number of urea groups is 1. The van der Waals surface area contributed by atoms with Crippen LogP contribution in [0.3, 0.4) is 0 Å². The second-order valence-corrected chi connectivity index (χ2v) is 6.76. The summed E-state index contributed by atoms with van der Waals surface area (Å²) in [6.45, 7) is 5.20. The van der Waals surface area contributed by atoms with E-state index in [1.165, 1.54) is 12.1 Å². The van der Waals surface area contributed by atoms with Crippen LogP contribution in [0.15, 0.2) is 18.2 Å². The minimum absolute atomic E-state index is 0.145. The lowest BCUT2D eigenvalue weighted by Gasteiger charge is -2.32. The summed E-state index contributed by atoms with van der Waals surface area (Å²) >= 11 is 0. The first kappa shape index (κ1) is 17.5. The van der Waals surface area contributed by atoms with Gasteiger partial charge in [0.15, 0.2) is 0 Å². The van der Waals surface area contributed by atoms with Crippen molar-refractivity contribution < 1.29 is 13.9 Å². The van der Waals surface area contributed by atoms with Crippen LogP contribution < -0.4 is 15.4 Å². The number of carbonyl (C=O) groups is 1. The Morgan fingerprint density at radius 3 is 2.87 bits per heavy atom. The molecule has 1 aliphatic heterocycles. The third kappa shape index (κ3) is 4.58. The molecular weight excluding hydrogens is 297 g/mol. The molecule has 128 valence electrons. The van der Waals surface area contributed by atoms with Crippen LogP contribution in [0.1, 0.15) is 38.3 Å². The monoisotopic (exact) mass is 323 g/mol. The molecule has 23 heavy (non-hydrogen) atoms. The predicted molar refractivity (Wildman–Crippen MR) is 88.2 cm³/mol. The Morgan fingerprint density at radius 2 is 2.17 bits per heavy atom. The average molecular weight is 323 g/mol. The van der Waals surface area contributed by atoms with E-state index in [9.17, 15) is 9.18 Å². The highest BCUT2D eigenvalue weighted by Crippen LogP contribution is 2.31. The molecule has 1 aromatic carbocycles. The van der Waals surface area contributed by atoms with Crippen LogP contribution >= 0.6 is 0 Å². The number of carbonyl (C=O) groups excluding carboxylic acids is 1. The third-order valence-corrected chi connectivity index (χ3v) is 4.44. The number of fused-ring (bicyclic) bond motifs is 1. The summed E-state index contributed by atoms with van der Waals surface area (Å²) in [5.74, 6) is 0.318. The van der Waals surface area contributed by atoms with E-state index in [0.29, 0.717) is 24.5 Å². The van der Waals surface area contributed by atoms with E-state index < -0.39 is 0 Å². The van der Waals surface area contributed by atoms with E-state index >= 15 is 0 Å². The Morgan fingerprint density at radius 1 is 1.43 bits per heavy atom. The maximum Gasteiger partial charge on any atom is 0.315 e. The number of nitrogens with one attached hydrogen (secondary N) is 2. The van der Waals surface area contributed by atoms with Gasteiger partial charge in [0.05, 0.1) is 12.6 Å². The van der Waals surface area contributed by atoms with Gasteiger partial charge in [0.2, 0.25) is 0 Å². The van der Waals surface area contributed by atoms with Gasteiger partial charge in [-0.15, -0.1) is 0 Å². The van der Waals surface area contributed by atoms with Crippen molar-refractivity contribution >= 4 is 6.03 Å². The van der Waals surface area contributed by atoms with Gasteiger partial charge in [-0.2, -0.15) is 0 Å². The first-order valence-corrected chi connectivity index (χ1v) is 7.93. The van der Waals surface area contributed by atoms with Crippen LogP contribution in [0, 0.1) is 5.82 Å². The summed E-state index contributed by atoms with van der Waals surface area (Å²) in [4.78, 5) is 14.3. The molecule has 2 rings (SSSR count). The number of hydrogen-bond donors (Lipinski definition) is 2. The van der Waals surface area contributed by atoms with Gasteiger partial charge in [0, 0.05) is 17.6 Å². The molecule has 0 aromatic heterocycles. The Labute approximate surface area is 137 Å². The largest absolute Gasteiger partial charge is 0.493 e. The molecule has 0 bridgehead atoms. The first-order valence-electron chi connectivity index (χ1n) is 7.93. The standard InChI is InChI=1S/C17H26FN3O2/c1-17(2,21(3)4)11-19-16(22)20-14-6-5-9-23-15-8-7-12(18)10-13(14)15/h7-8,10,14H,5-6,9,11H2,1-4H3,(H2,19,20,22)/t14-/m0/s1. The molecule has 0 aliphatic carbocycles. The van der Waals surface area contributed by atoms with Crippen molar-refractivity contribution in [3.05, 3.63) is 29.6 Å². The molecule has 0 fully saturated rings. The van der Waals surface area contributed by atoms with Crippen molar-refractivity contribution in [2.24, 2.45) is 0 Å². The number of hydrogen-bond acceptors (Lipinski definition) is 3.